The van der Waals surface area contributed by atoms with Crippen molar-refractivity contribution in [2.45, 2.75) is 44.5 Å². The van der Waals surface area contributed by atoms with E-state index in [9.17, 15) is 31.9 Å². The molecule has 15 heteroatoms. The number of alkyl halides is 3. The number of carbonyl (C=O) groups is 1. The van der Waals surface area contributed by atoms with E-state index >= 15 is 0 Å². The van der Waals surface area contributed by atoms with Gasteiger partial charge in [-0.1, -0.05) is 18.2 Å². The standard InChI is InChI=1S/C31H30F5N7O3/c1-17-6-9-43(41-17)24-13-19(18-3-5-21(32)22(33)12-18)2-4-20(24)27(31(34,35)36)46-26-14-25(39-29(37)40-26)42-10-7-30(8-11-42)15-23(28(44)45)38-16-30/h2-6,9,12-14,23,27,38H,7-8,10-11,15-16H2,1H3,(H,44,45)(H2,37,39,40)/t23-,27?/m0/s1. The highest BCUT2D eigenvalue weighted by Gasteiger charge is 2.46. The molecule has 0 radical (unpaired) electrons. The zero-order valence-corrected chi connectivity index (χ0v) is 24.6. The summed E-state index contributed by atoms with van der Waals surface area (Å²) in [6, 6.07) is 9.49. The van der Waals surface area contributed by atoms with E-state index in [0.29, 0.717) is 50.2 Å². The van der Waals surface area contributed by atoms with Gasteiger partial charge in [0.25, 0.3) is 0 Å². The predicted octanol–water partition coefficient (Wildman–Crippen LogP) is 5.21. The summed E-state index contributed by atoms with van der Waals surface area (Å²) < 4.78 is 78.6. The van der Waals surface area contributed by atoms with Crippen LogP contribution >= 0.6 is 0 Å². The van der Waals surface area contributed by atoms with E-state index in [1.165, 1.54) is 41.2 Å². The largest absolute Gasteiger partial charge is 0.480 e. The Kier molecular flexibility index (Phi) is 8.04. The predicted molar refractivity (Wildman–Crippen MR) is 157 cm³/mol. The van der Waals surface area contributed by atoms with Gasteiger partial charge in [0, 0.05) is 37.5 Å². The number of anilines is 2. The minimum Gasteiger partial charge on any atom is -0.480 e. The number of aliphatic carboxylic acids is 1. The third kappa shape index (κ3) is 6.32. The minimum absolute atomic E-state index is 0.00563. The number of piperidine rings is 1. The summed E-state index contributed by atoms with van der Waals surface area (Å²) in [6.45, 7) is 3.22. The van der Waals surface area contributed by atoms with Gasteiger partial charge < -0.3 is 25.8 Å². The number of aryl methyl sites for hydroxylation is 1. The van der Waals surface area contributed by atoms with Crippen molar-refractivity contribution in [1.29, 1.82) is 0 Å². The molecule has 4 heterocycles. The first-order valence-corrected chi connectivity index (χ1v) is 14.5. The Morgan fingerprint density at radius 3 is 2.41 bits per heavy atom. The van der Waals surface area contributed by atoms with E-state index < -0.39 is 41.8 Å². The normalized spacial score (nSPS) is 18.6. The van der Waals surface area contributed by atoms with Crippen molar-refractivity contribution in [3.05, 3.63) is 77.6 Å². The van der Waals surface area contributed by atoms with Crippen LogP contribution in [0, 0.1) is 24.0 Å². The summed E-state index contributed by atoms with van der Waals surface area (Å²) in [5.41, 5.74) is 6.57. The van der Waals surface area contributed by atoms with Crippen LogP contribution in [0.1, 0.15) is 36.6 Å². The van der Waals surface area contributed by atoms with Gasteiger partial charge in [-0.15, -0.1) is 0 Å². The molecule has 2 aromatic heterocycles. The lowest BCUT2D eigenvalue weighted by molar-refractivity contribution is -0.198. The van der Waals surface area contributed by atoms with Crippen LogP contribution in [0.3, 0.4) is 0 Å². The van der Waals surface area contributed by atoms with Gasteiger partial charge in [0.2, 0.25) is 17.9 Å². The van der Waals surface area contributed by atoms with Crippen LogP contribution in [0.25, 0.3) is 16.8 Å². The number of benzene rings is 2. The molecule has 6 rings (SSSR count). The Labute approximate surface area is 260 Å². The number of nitrogens with one attached hydrogen (secondary N) is 1. The molecule has 242 valence electrons. The summed E-state index contributed by atoms with van der Waals surface area (Å²) in [7, 11) is 0. The maximum Gasteiger partial charge on any atom is 0.429 e. The second-order valence-corrected chi connectivity index (χ2v) is 11.7. The van der Waals surface area contributed by atoms with Crippen molar-refractivity contribution in [3.63, 3.8) is 0 Å². The lowest BCUT2D eigenvalue weighted by Crippen LogP contribution is -2.41. The van der Waals surface area contributed by atoms with Crippen molar-refractivity contribution in [3.8, 4) is 22.7 Å². The highest BCUT2D eigenvalue weighted by Crippen LogP contribution is 2.43. The molecule has 0 aliphatic carbocycles. The quantitative estimate of drug-likeness (QED) is 0.232. The fourth-order valence-corrected chi connectivity index (χ4v) is 6.13. The Balaban J connectivity index is 1.31. The first-order valence-electron chi connectivity index (χ1n) is 14.5. The van der Waals surface area contributed by atoms with Gasteiger partial charge in [-0.2, -0.15) is 28.2 Å². The van der Waals surface area contributed by atoms with E-state index in [4.69, 9.17) is 10.5 Å². The lowest BCUT2D eigenvalue weighted by atomic mass is 9.76. The highest BCUT2D eigenvalue weighted by molar-refractivity contribution is 5.74. The van der Waals surface area contributed by atoms with Crippen LogP contribution in [0.5, 0.6) is 5.88 Å². The number of rotatable bonds is 7. The SMILES string of the molecule is Cc1ccn(-c2cc(-c3ccc(F)c(F)c3)ccc2C(Oc2cc(N3CCC4(CC3)CN[C@H](C(=O)O)C4)nc(N)n2)C(F)(F)F)n1. The summed E-state index contributed by atoms with van der Waals surface area (Å²) in [5, 5.41) is 16.7. The number of carboxylic acids is 1. The van der Waals surface area contributed by atoms with Gasteiger partial charge in [-0.25, -0.2) is 13.5 Å². The number of hydrogen-bond donors (Lipinski definition) is 3. The van der Waals surface area contributed by atoms with Crippen molar-refractivity contribution in [2.24, 2.45) is 5.41 Å². The van der Waals surface area contributed by atoms with Gasteiger partial charge in [-0.05, 0) is 67.0 Å². The molecule has 0 amide bonds. The van der Waals surface area contributed by atoms with Crippen LogP contribution in [0.2, 0.25) is 0 Å². The van der Waals surface area contributed by atoms with E-state index in [1.54, 1.807) is 13.0 Å². The molecule has 4 aromatic rings. The molecule has 0 bridgehead atoms. The monoisotopic (exact) mass is 643 g/mol. The van der Waals surface area contributed by atoms with E-state index in [0.717, 1.165) is 12.1 Å². The van der Waals surface area contributed by atoms with Gasteiger partial charge in [0.05, 0.1) is 11.4 Å². The average Bonchev–Trinajstić information content (AvgIpc) is 3.63. The maximum absolute atomic E-state index is 14.7. The van der Waals surface area contributed by atoms with Crippen molar-refractivity contribution in [2.75, 3.05) is 30.3 Å². The van der Waals surface area contributed by atoms with E-state index in [1.807, 2.05) is 4.90 Å². The van der Waals surface area contributed by atoms with Gasteiger partial charge in [0.1, 0.15) is 11.9 Å². The molecule has 2 aromatic carbocycles. The summed E-state index contributed by atoms with van der Waals surface area (Å²) in [4.78, 5) is 21.5. The van der Waals surface area contributed by atoms with Gasteiger partial charge in [-0.3, -0.25) is 4.79 Å². The fourth-order valence-electron chi connectivity index (χ4n) is 6.13. The molecule has 2 atom stereocenters. The number of hydrogen-bond acceptors (Lipinski definition) is 8. The smallest absolute Gasteiger partial charge is 0.429 e. The molecular formula is C31H30F5N7O3. The number of aromatic nitrogens is 4. The van der Waals surface area contributed by atoms with Crippen LogP contribution in [-0.2, 0) is 4.79 Å². The van der Waals surface area contributed by atoms with Gasteiger partial charge in [0.15, 0.2) is 11.6 Å². The van der Waals surface area contributed by atoms with Crippen LogP contribution in [-0.4, -0.2) is 62.7 Å². The van der Waals surface area contributed by atoms with Crippen molar-refractivity contribution < 1.29 is 36.6 Å². The number of ether oxygens (including phenoxy) is 1. The van der Waals surface area contributed by atoms with Crippen LogP contribution in [0.15, 0.2) is 54.7 Å². The second-order valence-electron chi connectivity index (χ2n) is 11.7. The first-order chi connectivity index (χ1) is 21.8. The van der Waals surface area contributed by atoms with Crippen LogP contribution < -0.4 is 20.7 Å². The molecule has 2 aliphatic rings. The molecule has 1 spiro atoms. The number of nitrogens with two attached hydrogens (primary N) is 1. The Bertz CT molecular complexity index is 1770. The number of nitrogen functional groups attached to an aromatic ring is 1. The number of halogens is 5. The molecule has 2 aliphatic heterocycles. The van der Waals surface area contributed by atoms with Crippen molar-refractivity contribution >= 4 is 17.7 Å². The van der Waals surface area contributed by atoms with E-state index in [2.05, 4.69) is 20.4 Å². The van der Waals surface area contributed by atoms with E-state index in [-0.39, 0.29) is 34.0 Å². The third-order valence-corrected chi connectivity index (χ3v) is 8.58. The Hall–Kier alpha value is -4.79. The molecule has 2 saturated heterocycles. The molecule has 1 unspecified atom stereocenters. The topological polar surface area (TPSA) is 131 Å². The Morgan fingerprint density at radius 2 is 1.78 bits per heavy atom. The molecule has 4 N–H and O–H groups in total. The second kappa shape index (κ2) is 11.9. The summed E-state index contributed by atoms with van der Waals surface area (Å²) >= 11 is 0. The molecule has 0 saturated carbocycles. The van der Waals surface area contributed by atoms with Crippen LogP contribution in [0.4, 0.5) is 33.7 Å². The lowest BCUT2D eigenvalue weighted by Gasteiger charge is -2.39. The molecular weight excluding hydrogens is 613 g/mol. The fraction of sp³-hybridized carbons (Fsp3) is 0.355. The highest BCUT2D eigenvalue weighted by atomic mass is 19.4. The number of nitrogens with zero attached hydrogens (tertiary/aromatic N) is 5. The van der Waals surface area contributed by atoms with Crippen molar-refractivity contribution in [1.82, 2.24) is 25.1 Å². The molecule has 10 nitrogen and oxygen atoms in total. The molecule has 2 fully saturated rings. The summed E-state index contributed by atoms with van der Waals surface area (Å²) in [5.74, 6) is -3.43. The summed E-state index contributed by atoms with van der Waals surface area (Å²) in [6.07, 6.45) is -4.14. The zero-order chi connectivity index (χ0) is 32.8. The minimum atomic E-state index is -4.92. The third-order valence-electron chi connectivity index (χ3n) is 8.58. The Morgan fingerprint density at radius 1 is 1.07 bits per heavy atom. The average molecular weight is 644 g/mol. The maximum atomic E-state index is 14.7. The number of carboxylic acid groups (broad SMARTS) is 1. The molecule has 46 heavy (non-hydrogen) atoms. The zero-order valence-electron chi connectivity index (χ0n) is 24.6. The van der Waals surface area contributed by atoms with Gasteiger partial charge >= 0.3 is 12.1 Å². The first kappa shape index (κ1) is 31.2.